The molecule has 7 nitrogen and oxygen atoms in total. The first-order valence-corrected chi connectivity index (χ1v) is 9.18. The van der Waals surface area contributed by atoms with E-state index < -0.39 is 0 Å². The molecule has 2 aliphatic rings. The molecule has 0 aliphatic carbocycles. The number of likely N-dealkylation sites (tertiary alicyclic amines) is 1. The second-order valence-corrected chi connectivity index (χ2v) is 7.01. The number of aromatic amines is 1. The van der Waals surface area contributed by atoms with Crippen LogP contribution in [0.3, 0.4) is 0 Å². The van der Waals surface area contributed by atoms with E-state index in [0.29, 0.717) is 13.1 Å². The summed E-state index contributed by atoms with van der Waals surface area (Å²) in [4.78, 5) is 29.6. The molecular formula is C18H25N5O2. The first kappa shape index (κ1) is 16.2. The first-order chi connectivity index (χ1) is 12.2. The minimum Gasteiger partial charge on any atom is -0.335 e. The topological polar surface area (TPSA) is 82.2 Å². The van der Waals surface area contributed by atoms with Gasteiger partial charge in [0.05, 0.1) is 11.0 Å². The van der Waals surface area contributed by atoms with Crippen molar-refractivity contribution in [3.63, 3.8) is 0 Å². The number of benzene rings is 1. The Hall–Kier alpha value is -2.28. The van der Waals surface area contributed by atoms with Crippen LogP contribution in [0.1, 0.15) is 31.7 Å². The number of hydrogen-bond donors (Lipinski definition) is 3. The number of H-pyrrole nitrogens is 1. The van der Waals surface area contributed by atoms with E-state index in [1.54, 1.807) is 0 Å². The van der Waals surface area contributed by atoms with Crippen molar-refractivity contribution in [2.75, 3.05) is 26.2 Å². The van der Waals surface area contributed by atoms with Gasteiger partial charge in [-0.1, -0.05) is 12.1 Å². The third-order valence-electron chi connectivity index (χ3n) is 5.41. The summed E-state index contributed by atoms with van der Waals surface area (Å²) in [5.41, 5.74) is 1.77. The highest BCUT2D eigenvalue weighted by atomic mass is 16.2. The number of fused-ring (bicyclic) bond motifs is 1. The second kappa shape index (κ2) is 6.92. The molecule has 0 atom stereocenters. The van der Waals surface area contributed by atoms with Gasteiger partial charge in [0.1, 0.15) is 0 Å². The standard InChI is InChI=1S/C18H25N5O2/c24-17(20-13-5-9-19-10-6-13)22-11-7-14(8-12-22)23-16-4-2-1-3-15(16)21-18(23)25/h1-4,13-14,19H,5-12H2,(H,20,24)(H,21,25). The predicted molar refractivity (Wildman–Crippen MR) is 96.8 cm³/mol. The minimum absolute atomic E-state index is 0.0385. The van der Waals surface area contributed by atoms with Crippen LogP contribution in [0.15, 0.2) is 29.1 Å². The van der Waals surface area contributed by atoms with Crippen molar-refractivity contribution in [3.8, 4) is 0 Å². The van der Waals surface area contributed by atoms with Gasteiger partial charge in [0.25, 0.3) is 0 Å². The lowest BCUT2D eigenvalue weighted by Gasteiger charge is -2.34. The van der Waals surface area contributed by atoms with Crippen LogP contribution in [-0.4, -0.2) is 52.7 Å². The Bertz CT molecular complexity index is 797. The van der Waals surface area contributed by atoms with Crippen molar-refractivity contribution in [1.29, 1.82) is 0 Å². The Kier molecular flexibility index (Phi) is 4.48. The predicted octanol–water partition coefficient (Wildman–Crippen LogP) is 1.43. The van der Waals surface area contributed by atoms with Gasteiger partial charge in [0.2, 0.25) is 0 Å². The first-order valence-electron chi connectivity index (χ1n) is 9.18. The highest BCUT2D eigenvalue weighted by molar-refractivity contribution is 5.75. The SMILES string of the molecule is O=C(NC1CCNCC1)N1CCC(n2c(=O)[nH]c3ccccc32)CC1. The third kappa shape index (κ3) is 3.28. The zero-order chi connectivity index (χ0) is 17.2. The Morgan fingerprint density at radius 2 is 1.80 bits per heavy atom. The van der Waals surface area contributed by atoms with Crippen LogP contribution in [0.25, 0.3) is 11.0 Å². The number of carbonyl (C=O) groups excluding carboxylic acids is 1. The zero-order valence-electron chi connectivity index (χ0n) is 14.3. The summed E-state index contributed by atoms with van der Waals surface area (Å²) in [5.74, 6) is 0. The van der Waals surface area contributed by atoms with E-state index in [9.17, 15) is 9.59 Å². The van der Waals surface area contributed by atoms with Crippen molar-refractivity contribution in [3.05, 3.63) is 34.7 Å². The van der Waals surface area contributed by atoms with E-state index in [0.717, 1.165) is 49.8 Å². The molecule has 0 spiro atoms. The molecule has 0 unspecified atom stereocenters. The Morgan fingerprint density at radius 3 is 2.56 bits per heavy atom. The summed E-state index contributed by atoms with van der Waals surface area (Å²) in [6, 6.07) is 8.24. The number of nitrogens with zero attached hydrogens (tertiary/aromatic N) is 2. The normalized spacial score (nSPS) is 20.1. The zero-order valence-corrected chi connectivity index (χ0v) is 14.3. The molecule has 0 radical (unpaired) electrons. The summed E-state index contributed by atoms with van der Waals surface area (Å²) in [6.45, 7) is 3.31. The molecule has 0 bridgehead atoms. The average molecular weight is 343 g/mol. The van der Waals surface area contributed by atoms with E-state index in [-0.39, 0.29) is 23.8 Å². The fourth-order valence-electron chi connectivity index (χ4n) is 4.00. The van der Waals surface area contributed by atoms with Gasteiger partial charge in [0.15, 0.2) is 0 Å². The van der Waals surface area contributed by atoms with Gasteiger partial charge in [-0.15, -0.1) is 0 Å². The second-order valence-electron chi connectivity index (χ2n) is 7.01. The largest absolute Gasteiger partial charge is 0.335 e. The van der Waals surface area contributed by atoms with Crippen LogP contribution in [0.5, 0.6) is 0 Å². The molecule has 134 valence electrons. The summed E-state index contributed by atoms with van der Waals surface area (Å²) in [7, 11) is 0. The minimum atomic E-state index is -0.0567. The maximum atomic E-state index is 12.5. The molecule has 7 heteroatoms. The molecule has 2 aromatic rings. The van der Waals surface area contributed by atoms with Crippen LogP contribution >= 0.6 is 0 Å². The van der Waals surface area contributed by atoms with Crippen LogP contribution in [0, 0.1) is 0 Å². The lowest BCUT2D eigenvalue weighted by molar-refractivity contribution is 0.166. The number of carbonyl (C=O) groups is 1. The number of imidazole rings is 1. The van der Waals surface area contributed by atoms with Gasteiger partial charge in [-0.3, -0.25) is 4.57 Å². The van der Waals surface area contributed by atoms with Gasteiger partial charge in [-0.05, 0) is 50.9 Å². The number of nitrogens with one attached hydrogen (secondary N) is 3. The van der Waals surface area contributed by atoms with Crippen LogP contribution in [0.4, 0.5) is 4.79 Å². The fourth-order valence-corrected chi connectivity index (χ4v) is 4.00. The molecule has 2 saturated heterocycles. The summed E-state index contributed by atoms with van der Waals surface area (Å²) in [6.07, 6.45) is 3.60. The van der Waals surface area contributed by atoms with Crippen molar-refractivity contribution >= 4 is 17.1 Å². The van der Waals surface area contributed by atoms with Gasteiger partial charge in [-0.2, -0.15) is 0 Å². The number of urea groups is 1. The number of amides is 2. The molecule has 3 heterocycles. The molecule has 2 aliphatic heterocycles. The highest BCUT2D eigenvalue weighted by Crippen LogP contribution is 2.24. The maximum Gasteiger partial charge on any atom is 0.326 e. The molecule has 4 rings (SSSR count). The van der Waals surface area contributed by atoms with Gasteiger partial charge in [0, 0.05) is 25.2 Å². The Labute approximate surface area is 146 Å². The molecule has 2 fully saturated rings. The van der Waals surface area contributed by atoms with Crippen molar-refractivity contribution < 1.29 is 4.79 Å². The van der Waals surface area contributed by atoms with Crippen molar-refractivity contribution in [1.82, 2.24) is 25.1 Å². The van der Waals surface area contributed by atoms with Crippen LogP contribution in [0.2, 0.25) is 0 Å². The fraction of sp³-hybridized carbons (Fsp3) is 0.556. The summed E-state index contributed by atoms with van der Waals surface area (Å²) in [5, 5.41) is 6.46. The van der Waals surface area contributed by atoms with Crippen LogP contribution in [-0.2, 0) is 0 Å². The van der Waals surface area contributed by atoms with Gasteiger partial charge >= 0.3 is 11.7 Å². The molecular weight excluding hydrogens is 318 g/mol. The highest BCUT2D eigenvalue weighted by Gasteiger charge is 2.27. The Morgan fingerprint density at radius 1 is 1.08 bits per heavy atom. The summed E-state index contributed by atoms with van der Waals surface area (Å²) < 4.78 is 1.86. The molecule has 1 aromatic heterocycles. The van der Waals surface area contributed by atoms with Crippen molar-refractivity contribution in [2.45, 2.75) is 37.8 Å². The maximum absolute atomic E-state index is 12.5. The Balaban J connectivity index is 1.40. The number of hydrogen-bond acceptors (Lipinski definition) is 3. The van der Waals surface area contributed by atoms with E-state index in [4.69, 9.17) is 0 Å². The lowest BCUT2D eigenvalue weighted by atomic mass is 10.0. The smallest absolute Gasteiger partial charge is 0.326 e. The van der Waals surface area contributed by atoms with Gasteiger partial charge in [-0.25, -0.2) is 9.59 Å². The number of rotatable bonds is 2. The molecule has 25 heavy (non-hydrogen) atoms. The lowest BCUT2D eigenvalue weighted by Crippen LogP contribution is -2.50. The van der Waals surface area contributed by atoms with E-state index >= 15 is 0 Å². The van der Waals surface area contributed by atoms with Crippen LogP contribution < -0.4 is 16.3 Å². The summed E-state index contributed by atoms with van der Waals surface area (Å²) >= 11 is 0. The van der Waals surface area contributed by atoms with E-state index in [1.165, 1.54) is 0 Å². The third-order valence-corrected chi connectivity index (χ3v) is 5.41. The molecule has 1 aromatic carbocycles. The average Bonchev–Trinajstić information content (AvgIpc) is 2.98. The number of aromatic nitrogens is 2. The van der Waals surface area contributed by atoms with E-state index in [2.05, 4.69) is 15.6 Å². The van der Waals surface area contributed by atoms with Gasteiger partial charge < -0.3 is 20.5 Å². The number of piperidine rings is 2. The molecule has 2 amide bonds. The quantitative estimate of drug-likeness (QED) is 0.771. The van der Waals surface area contributed by atoms with E-state index in [1.807, 2.05) is 33.7 Å². The molecule has 3 N–H and O–H groups in total. The monoisotopic (exact) mass is 343 g/mol. The molecule has 0 saturated carbocycles. The number of para-hydroxylation sites is 2. The van der Waals surface area contributed by atoms with Crippen molar-refractivity contribution in [2.24, 2.45) is 0 Å².